The summed E-state index contributed by atoms with van der Waals surface area (Å²) >= 11 is 8.71. The zero-order chi connectivity index (χ0) is 25.5. The van der Waals surface area contributed by atoms with Gasteiger partial charge in [0.05, 0.1) is 19.1 Å². The van der Waals surface area contributed by atoms with E-state index in [4.69, 9.17) is 17.0 Å². The lowest BCUT2D eigenvalue weighted by Crippen LogP contribution is -2.54. The highest BCUT2D eigenvalue weighted by Crippen LogP contribution is 2.65. The zero-order valence-corrected chi connectivity index (χ0v) is 23.2. The maximum Gasteiger partial charge on any atom is 0.241 e. The van der Waals surface area contributed by atoms with Crippen LogP contribution >= 0.6 is 28.1 Å². The predicted octanol–water partition coefficient (Wildman–Crippen LogP) is 5.45. The molecular formula is C28H34BrN3O3S. The van der Waals surface area contributed by atoms with E-state index in [1.807, 2.05) is 24.3 Å². The first kappa shape index (κ1) is 25.5. The minimum atomic E-state index is -1.02. The van der Waals surface area contributed by atoms with Crippen LogP contribution in [0.4, 0.5) is 5.69 Å². The summed E-state index contributed by atoms with van der Waals surface area (Å²) in [6.07, 6.45) is 5.83. The number of amides is 1. The number of carbonyl (C=O) groups is 1. The van der Waals surface area contributed by atoms with Crippen molar-refractivity contribution in [2.45, 2.75) is 63.4 Å². The summed E-state index contributed by atoms with van der Waals surface area (Å²) in [5.41, 5.74) is 7.85. The molecule has 0 radical (unpaired) electrons. The molecule has 4 N–H and O–H groups in total. The Morgan fingerprint density at radius 3 is 2.67 bits per heavy atom. The molecule has 0 heterocycles. The number of thiocarbonyl (C=S) groups is 1. The SMILES string of the molecule is COc1ccc2c(c1)CC[C@@H]1[C@@H]2CC[C@@]2(C)[C@H]1CC[C@@]2(O)CC(=O)NNC(=S)Nc1ccc(Br)cc1. The number of benzene rings is 2. The van der Waals surface area contributed by atoms with E-state index >= 15 is 0 Å². The molecule has 1 amide bonds. The van der Waals surface area contributed by atoms with Crippen LogP contribution in [0.25, 0.3) is 0 Å². The quantitative estimate of drug-likeness (QED) is 0.288. The van der Waals surface area contributed by atoms with Crippen LogP contribution < -0.4 is 20.9 Å². The highest BCUT2D eigenvalue weighted by atomic mass is 79.9. The van der Waals surface area contributed by atoms with Crippen molar-refractivity contribution in [3.05, 3.63) is 58.1 Å². The highest BCUT2D eigenvalue weighted by Gasteiger charge is 2.61. The third-order valence-electron chi connectivity index (χ3n) is 9.13. The Balaban J connectivity index is 1.21. The number of rotatable bonds is 4. The third-order valence-corrected chi connectivity index (χ3v) is 9.86. The van der Waals surface area contributed by atoms with E-state index < -0.39 is 5.60 Å². The van der Waals surface area contributed by atoms with E-state index in [2.05, 4.69) is 57.2 Å². The van der Waals surface area contributed by atoms with Gasteiger partial charge in [-0.2, -0.15) is 0 Å². The summed E-state index contributed by atoms with van der Waals surface area (Å²) in [5, 5.41) is 15.2. The summed E-state index contributed by atoms with van der Waals surface area (Å²) < 4.78 is 6.42. The molecule has 192 valence electrons. The van der Waals surface area contributed by atoms with Crippen LogP contribution in [0.15, 0.2) is 46.9 Å². The molecule has 0 saturated heterocycles. The Kier molecular flexibility index (Phi) is 7.05. The fourth-order valence-electron chi connectivity index (χ4n) is 7.22. The van der Waals surface area contributed by atoms with Crippen LogP contribution in [0.3, 0.4) is 0 Å². The number of carbonyl (C=O) groups excluding carboxylic acids is 1. The number of nitrogens with one attached hydrogen (secondary N) is 3. The van der Waals surface area contributed by atoms with Crippen molar-refractivity contribution in [2.24, 2.45) is 17.3 Å². The number of halogens is 1. The van der Waals surface area contributed by atoms with Gasteiger partial charge in [0.2, 0.25) is 5.91 Å². The number of aliphatic hydroxyl groups is 1. The molecular weight excluding hydrogens is 538 g/mol. The molecule has 2 saturated carbocycles. The topological polar surface area (TPSA) is 82.6 Å². The van der Waals surface area contributed by atoms with Crippen molar-refractivity contribution in [3.8, 4) is 5.75 Å². The number of aryl methyl sites for hydroxylation is 1. The summed E-state index contributed by atoms with van der Waals surface area (Å²) in [6, 6.07) is 14.1. The van der Waals surface area contributed by atoms with Crippen molar-refractivity contribution >= 4 is 44.9 Å². The Morgan fingerprint density at radius 2 is 1.92 bits per heavy atom. The van der Waals surface area contributed by atoms with Gasteiger partial charge in [0, 0.05) is 10.2 Å². The number of hydrogen-bond acceptors (Lipinski definition) is 4. The maximum absolute atomic E-state index is 12.9. The molecule has 2 aromatic rings. The molecule has 0 aromatic heterocycles. The van der Waals surface area contributed by atoms with Crippen LogP contribution in [0.1, 0.15) is 62.5 Å². The largest absolute Gasteiger partial charge is 0.497 e. The zero-order valence-electron chi connectivity index (χ0n) is 20.8. The molecule has 0 aliphatic heterocycles. The Labute approximate surface area is 226 Å². The van der Waals surface area contributed by atoms with Crippen LogP contribution in [0.5, 0.6) is 5.75 Å². The van der Waals surface area contributed by atoms with E-state index in [9.17, 15) is 9.90 Å². The van der Waals surface area contributed by atoms with Gasteiger partial charge in [-0.3, -0.25) is 15.6 Å². The lowest BCUT2D eigenvalue weighted by Gasteiger charge is -2.53. The van der Waals surface area contributed by atoms with E-state index in [0.29, 0.717) is 29.3 Å². The fraction of sp³-hybridized carbons (Fsp3) is 0.500. The number of hydrogen-bond donors (Lipinski definition) is 4. The van der Waals surface area contributed by atoms with Gasteiger partial charge in [-0.25, -0.2) is 0 Å². The molecule has 36 heavy (non-hydrogen) atoms. The fourth-order valence-corrected chi connectivity index (χ4v) is 7.65. The molecule has 3 aliphatic rings. The first-order chi connectivity index (χ1) is 17.2. The van der Waals surface area contributed by atoms with Crippen LogP contribution in [0, 0.1) is 17.3 Å². The smallest absolute Gasteiger partial charge is 0.241 e. The van der Waals surface area contributed by atoms with Gasteiger partial charge >= 0.3 is 0 Å². The normalized spacial score (nSPS) is 30.4. The van der Waals surface area contributed by atoms with Gasteiger partial charge in [-0.05, 0) is 121 Å². The minimum absolute atomic E-state index is 0.0685. The number of anilines is 1. The monoisotopic (exact) mass is 571 g/mol. The van der Waals surface area contributed by atoms with Gasteiger partial charge in [-0.15, -0.1) is 0 Å². The number of methoxy groups -OCH3 is 1. The second-order valence-corrected chi connectivity index (χ2v) is 12.1. The van der Waals surface area contributed by atoms with E-state index in [1.165, 1.54) is 11.1 Å². The van der Waals surface area contributed by atoms with E-state index in [0.717, 1.165) is 48.0 Å². The molecule has 6 nitrogen and oxygen atoms in total. The number of ether oxygens (including phenoxy) is 1. The second kappa shape index (κ2) is 9.95. The van der Waals surface area contributed by atoms with E-state index in [1.54, 1.807) is 7.11 Å². The van der Waals surface area contributed by atoms with E-state index in [-0.39, 0.29) is 17.7 Å². The Bertz CT molecular complexity index is 1160. The number of fused-ring (bicyclic) bond motifs is 5. The van der Waals surface area contributed by atoms with Gasteiger partial charge < -0.3 is 15.2 Å². The molecule has 2 fully saturated rings. The molecule has 0 bridgehead atoms. The maximum atomic E-state index is 12.9. The summed E-state index contributed by atoms with van der Waals surface area (Å²) in [7, 11) is 1.72. The predicted molar refractivity (Wildman–Crippen MR) is 149 cm³/mol. The molecule has 5 atom stereocenters. The van der Waals surface area contributed by atoms with Gasteiger partial charge in [-0.1, -0.05) is 28.9 Å². The van der Waals surface area contributed by atoms with Crippen molar-refractivity contribution in [2.75, 3.05) is 12.4 Å². The van der Waals surface area contributed by atoms with Gasteiger partial charge in [0.25, 0.3) is 0 Å². The summed E-state index contributed by atoms with van der Waals surface area (Å²) in [5.74, 6) is 2.16. The third kappa shape index (κ3) is 4.63. The minimum Gasteiger partial charge on any atom is -0.497 e. The van der Waals surface area contributed by atoms with Crippen molar-refractivity contribution in [1.29, 1.82) is 0 Å². The molecule has 5 rings (SSSR count). The highest BCUT2D eigenvalue weighted by molar-refractivity contribution is 9.10. The molecule has 2 aromatic carbocycles. The molecule has 0 spiro atoms. The molecule has 3 aliphatic carbocycles. The first-order valence-corrected chi connectivity index (χ1v) is 13.9. The van der Waals surface area contributed by atoms with Crippen LogP contribution in [-0.4, -0.2) is 28.8 Å². The lowest BCUT2D eigenvalue weighted by atomic mass is 9.53. The average Bonchev–Trinajstić information content (AvgIpc) is 3.13. The van der Waals surface area contributed by atoms with Crippen LogP contribution in [0.2, 0.25) is 0 Å². The van der Waals surface area contributed by atoms with Crippen LogP contribution in [-0.2, 0) is 11.2 Å². The van der Waals surface area contributed by atoms with Gasteiger partial charge in [0.1, 0.15) is 5.75 Å². The summed E-state index contributed by atoms with van der Waals surface area (Å²) in [4.78, 5) is 12.9. The van der Waals surface area contributed by atoms with Gasteiger partial charge in [0.15, 0.2) is 5.11 Å². The van der Waals surface area contributed by atoms with Crippen molar-refractivity contribution < 1.29 is 14.6 Å². The van der Waals surface area contributed by atoms with Crippen molar-refractivity contribution in [3.63, 3.8) is 0 Å². The second-order valence-electron chi connectivity index (χ2n) is 10.8. The lowest BCUT2D eigenvalue weighted by molar-refractivity contribution is -0.140. The Hall–Kier alpha value is -2.16. The standard InChI is InChI=1S/C28H34BrN3O3S/c1-27-13-11-22-21-10-8-20(35-2)15-17(21)3-9-23(22)24(27)12-14-28(27,34)16-25(33)31-32-26(36)30-19-6-4-18(29)5-7-19/h4-8,10,15,22-24,34H,3,9,11-14,16H2,1-2H3,(H,31,33)(H2,30,32,36)/t22-,23-,24+,27+,28-/m1/s1. The molecule has 0 unspecified atom stereocenters. The molecule has 8 heteroatoms. The number of hydrazine groups is 1. The summed E-state index contributed by atoms with van der Waals surface area (Å²) in [6.45, 7) is 2.21. The van der Waals surface area contributed by atoms with Crippen molar-refractivity contribution in [1.82, 2.24) is 10.9 Å². The Morgan fingerprint density at radius 1 is 1.14 bits per heavy atom. The average molecular weight is 573 g/mol. The first-order valence-electron chi connectivity index (χ1n) is 12.7.